The van der Waals surface area contributed by atoms with Crippen LogP contribution in [0.5, 0.6) is 0 Å². The number of hydrogen-bond donors (Lipinski definition) is 0. The lowest BCUT2D eigenvalue weighted by molar-refractivity contribution is -0.110. The zero-order valence-corrected chi connectivity index (χ0v) is 11.6. The first-order chi connectivity index (χ1) is 8.01. The van der Waals surface area contributed by atoms with Crippen molar-refractivity contribution in [3.05, 3.63) is 16.6 Å². The van der Waals surface area contributed by atoms with E-state index in [1.54, 1.807) is 0 Å². The molecule has 0 N–H and O–H groups in total. The first kappa shape index (κ1) is 10.5. The second-order valence-corrected chi connectivity index (χ2v) is 8.64. The number of thiazole rings is 1. The minimum Gasteiger partial charge on any atom is -0.249 e. The highest BCUT2D eigenvalue weighted by atomic mass is 32.1. The van der Waals surface area contributed by atoms with Crippen molar-refractivity contribution in [2.24, 2.45) is 16.7 Å². The Labute approximate surface area is 108 Å². The van der Waals surface area contributed by atoms with Gasteiger partial charge in [-0.05, 0) is 55.3 Å². The number of hydrogen-bond acceptors (Lipinski definition) is 2. The average molecular weight is 247 g/mol. The Morgan fingerprint density at radius 1 is 1.12 bits per heavy atom. The van der Waals surface area contributed by atoms with Gasteiger partial charge < -0.3 is 0 Å². The molecule has 0 spiro atoms. The molecule has 0 saturated heterocycles. The van der Waals surface area contributed by atoms with Crippen LogP contribution in [-0.2, 0) is 5.41 Å². The molecule has 4 fully saturated rings. The van der Waals surface area contributed by atoms with Gasteiger partial charge in [-0.3, -0.25) is 0 Å². The third-order valence-electron chi connectivity index (χ3n) is 5.51. The van der Waals surface area contributed by atoms with Crippen LogP contribution in [0.3, 0.4) is 0 Å². The van der Waals surface area contributed by atoms with Crippen molar-refractivity contribution in [1.29, 1.82) is 0 Å². The molecule has 4 bridgehead atoms. The van der Waals surface area contributed by atoms with E-state index in [2.05, 4.69) is 24.2 Å². The summed E-state index contributed by atoms with van der Waals surface area (Å²) in [4.78, 5) is 4.69. The molecular weight excluding hydrogens is 226 g/mol. The van der Waals surface area contributed by atoms with E-state index in [0.717, 1.165) is 5.92 Å². The van der Waals surface area contributed by atoms with E-state index in [1.807, 2.05) is 17.5 Å². The van der Waals surface area contributed by atoms with E-state index < -0.39 is 0 Å². The van der Waals surface area contributed by atoms with Crippen LogP contribution >= 0.6 is 11.3 Å². The highest BCUT2D eigenvalue weighted by Gasteiger charge is 2.61. The van der Waals surface area contributed by atoms with Crippen LogP contribution in [0.25, 0.3) is 0 Å². The SMILES string of the molecule is CC12CC3CC(C)(C1)CC(c1nccs1)(C3)C2. The molecule has 4 aliphatic rings. The molecule has 2 atom stereocenters. The second kappa shape index (κ2) is 2.96. The summed E-state index contributed by atoms with van der Waals surface area (Å²) >= 11 is 1.90. The fraction of sp³-hybridized carbons (Fsp3) is 0.800. The number of rotatable bonds is 1. The average Bonchev–Trinajstić information content (AvgIpc) is 2.63. The van der Waals surface area contributed by atoms with Crippen LogP contribution in [0.1, 0.15) is 57.4 Å². The predicted molar refractivity (Wildman–Crippen MR) is 71.2 cm³/mol. The molecule has 0 radical (unpaired) electrons. The Balaban J connectivity index is 1.83. The molecule has 4 saturated carbocycles. The summed E-state index contributed by atoms with van der Waals surface area (Å²) in [5.74, 6) is 0.977. The quantitative estimate of drug-likeness (QED) is 0.717. The van der Waals surface area contributed by atoms with Crippen LogP contribution in [-0.4, -0.2) is 4.98 Å². The number of nitrogens with zero attached hydrogens (tertiary/aromatic N) is 1. The maximum absolute atomic E-state index is 4.69. The Kier molecular flexibility index (Phi) is 1.83. The minimum atomic E-state index is 0.455. The third-order valence-corrected chi connectivity index (χ3v) is 6.53. The van der Waals surface area contributed by atoms with Gasteiger partial charge in [0, 0.05) is 17.0 Å². The van der Waals surface area contributed by atoms with Gasteiger partial charge in [0.25, 0.3) is 0 Å². The summed E-state index contributed by atoms with van der Waals surface area (Å²) in [6, 6.07) is 0. The summed E-state index contributed by atoms with van der Waals surface area (Å²) in [6.45, 7) is 5.08. The van der Waals surface area contributed by atoms with Crippen molar-refractivity contribution in [2.75, 3.05) is 0 Å². The molecule has 2 heteroatoms. The molecule has 17 heavy (non-hydrogen) atoms. The molecular formula is C15H21NS. The van der Waals surface area contributed by atoms with Gasteiger partial charge in [-0.25, -0.2) is 4.98 Å². The van der Waals surface area contributed by atoms with Crippen LogP contribution < -0.4 is 0 Å². The van der Waals surface area contributed by atoms with Gasteiger partial charge in [-0.15, -0.1) is 11.3 Å². The predicted octanol–water partition coefficient (Wildman–Crippen LogP) is 4.39. The van der Waals surface area contributed by atoms with E-state index >= 15 is 0 Å². The summed E-state index contributed by atoms with van der Waals surface area (Å²) in [5.41, 5.74) is 1.68. The summed E-state index contributed by atoms with van der Waals surface area (Å²) < 4.78 is 0. The number of aromatic nitrogens is 1. The van der Waals surface area contributed by atoms with Crippen molar-refractivity contribution >= 4 is 11.3 Å². The molecule has 1 aromatic rings. The van der Waals surface area contributed by atoms with Gasteiger partial charge in [-0.2, -0.15) is 0 Å². The van der Waals surface area contributed by atoms with E-state index in [4.69, 9.17) is 0 Å². The van der Waals surface area contributed by atoms with Gasteiger partial charge in [0.05, 0.1) is 5.01 Å². The standard InChI is InChI=1S/C15H21NS/c1-13-5-11-6-14(2,8-13)10-15(7-11,9-13)12-16-3-4-17-12/h3-4,11H,5-10H2,1-2H3. The highest BCUT2D eigenvalue weighted by molar-refractivity contribution is 7.09. The molecule has 1 nitrogen and oxygen atoms in total. The van der Waals surface area contributed by atoms with Crippen LogP contribution in [0, 0.1) is 16.7 Å². The van der Waals surface area contributed by atoms with Crippen molar-refractivity contribution in [3.8, 4) is 0 Å². The first-order valence-electron chi connectivity index (χ1n) is 6.91. The summed E-state index contributed by atoms with van der Waals surface area (Å²) in [6.07, 6.45) is 10.7. The van der Waals surface area contributed by atoms with Crippen LogP contribution in [0.15, 0.2) is 11.6 Å². The largest absolute Gasteiger partial charge is 0.249 e. The van der Waals surface area contributed by atoms with Gasteiger partial charge in [-0.1, -0.05) is 13.8 Å². The normalized spacial score (nSPS) is 52.0. The fourth-order valence-corrected chi connectivity index (χ4v) is 7.02. The monoisotopic (exact) mass is 247 g/mol. The molecule has 1 heterocycles. The maximum Gasteiger partial charge on any atom is 0.0987 e. The molecule has 5 rings (SSSR count). The molecule has 0 aliphatic heterocycles. The van der Waals surface area contributed by atoms with Crippen LogP contribution in [0.2, 0.25) is 0 Å². The van der Waals surface area contributed by atoms with Crippen molar-refractivity contribution in [3.63, 3.8) is 0 Å². The van der Waals surface area contributed by atoms with Crippen LogP contribution in [0.4, 0.5) is 0 Å². The Morgan fingerprint density at radius 3 is 2.35 bits per heavy atom. The zero-order valence-electron chi connectivity index (χ0n) is 10.8. The van der Waals surface area contributed by atoms with Gasteiger partial charge >= 0.3 is 0 Å². The molecule has 4 aliphatic carbocycles. The highest BCUT2D eigenvalue weighted by Crippen LogP contribution is 2.69. The molecule has 92 valence electrons. The Bertz CT molecular complexity index is 431. The van der Waals surface area contributed by atoms with E-state index in [1.165, 1.54) is 43.5 Å². The Hall–Kier alpha value is -0.370. The van der Waals surface area contributed by atoms with Gasteiger partial charge in [0.2, 0.25) is 0 Å². The smallest absolute Gasteiger partial charge is 0.0987 e. The van der Waals surface area contributed by atoms with Gasteiger partial charge in [0.1, 0.15) is 0 Å². The third kappa shape index (κ3) is 1.39. The van der Waals surface area contributed by atoms with E-state index in [9.17, 15) is 0 Å². The molecule has 0 amide bonds. The second-order valence-electron chi connectivity index (χ2n) is 7.75. The first-order valence-corrected chi connectivity index (χ1v) is 7.79. The van der Waals surface area contributed by atoms with Gasteiger partial charge in [0.15, 0.2) is 0 Å². The molecule has 2 unspecified atom stereocenters. The lowest BCUT2D eigenvalue weighted by Crippen LogP contribution is -2.56. The minimum absolute atomic E-state index is 0.455. The van der Waals surface area contributed by atoms with Crippen molar-refractivity contribution < 1.29 is 0 Å². The maximum atomic E-state index is 4.69. The lowest BCUT2D eigenvalue weighted by Gasteiger charge is -2.64. The Morgan fingerprint density at radius 2 is 1.82 bits per heavy atom. The van der Waals surface area contributed by atoms with Crippen molar-refractivity contribution in [1.82, 2.24) is 4.98 Å². The zero-order chi connectivity index (χ0) is 11.7. The summed E-state index contributed by atoms with van der Waals surface area (Å²) in [7, 11) is 0. The molecule has 0 aromatic carbocycles. The van der Waals surface area contributed by atoms with E-state index in [0.29, 0.717) is 16.2 Å². The lowest BCUT2D eigenvalue weighted by atomic mass is 9.40. The molecule has 1 aromatic heterocycles. The topological polar surface area (TPSA) is 12.9 Å². The van der Waals surface area contributed by atoms with E-state index in [-0.39, 0.29) is 0 Å². The summed E-state index contributed by atoms with van der Waals surface area (Å²) in [5, 5.41) is 3.61. The fourth-order valence-electron chi connectivity index (χ4n) is 6.17. The van der Waals surface area contributed by atoms with Crippen molar-refractivity contribution in [2.45, 2.75) is 57.8 Å².